The van der Waals surface area contributed by atoms with Crippen LogP contribution in [-0.4, -0.2) is 20.4 Å². The highest BCUT2D eigenvalue weighted by atomic mass is 35.5. The van der Waals surface area contributed by atoms with Crippen LogP contribution in [0.5, 0.6) is 0 Å². The third-order valence-corrected chi connectivity index (χ3v) is 11.7. The number of nitriles is 1. The Morgan fingerprint density at radius 3 is 1.88 bits per heavy atom. The fourth-order valence-corrected chi connectivity index (χ4v) is 9.01. The molecule has 3 aromatic rings. The highest BCUT2D eigenvalue weighted by molar-refractivity contribution is 8.00. The number of hydrogen-bond donors (Lipinski definition) is 0. The molecule has 1 aliphatic carbocycles. The van der Waals surface area contributed by atoms with Crippen molar-refractivity contribution >= 4 is 45.9 Å². The molecule has 0 bridgehead atoms. The van der Waals surface area contributed by atoms with Crippen molar-refractivity contribution < 1.29 is 4.21 Å². The number of benzene rings is 3. The van der Waals surface area contributed by atoms with Gasteiger partial charge >= 0.3 is 0 Å². The molecule has 1 aliphatic rings. The van der Waals surface area contributed by atoms with Crippen molar-refractivity contribution in [3.05, 3.63) is 90.5 Å². The maximum Gasteiger partial charge on any atom is 0.120 e. The molecule has 2 unspecified atom stereocenters. The Balaban J connectivity index is 1.54. The zero-order chi connectivity index (χ0) is 24.0. The topological polar surface area (TPSA) is 40.9 Å². The van der Waals surface area contributed by atoms with Gasteiger partial charge in [0.05, 0.1) is 16.9 Å². The zero-order valence-corrected chi connectivity index (χ0v) is 22.4. The molecule has 0 spiro atoms. The molecule has 0 aliphatic heterocycles. The summed E-state index contributed by atoms with van der Waals surface area (Å²) in [6.45, 7) is 2.01. The van der Waals surface area contributed by atoms with Crippen LogP contribution in [0.15, 0.2) is 99.6 Å². The predicted octanol–water partition coefficient (Wildman–Crippen LogP) is 7.93. The second-order valence-corrected chi connectivity index (χ2v) is 13.5. The van der Waals surface area contributed by atoms with E-state index in [2.05, 4.69) is 54.6 Å². The maximum atomic E-state index is 13.4. The summed E-state index contributed by atoms with van der Waals surface area (Å²) >= 11 is 10.7. The molecule has 2 nitrogen and oxygen atoms in total. The highest BCUT2D eigenvalue weighted by Gasteiger charge is 2.58. The summed E-state index contributed by atoms with van der Waals surface area (Å²) in [5, 5.41) is 9.67. The fourth-order valence-electron chi connectivity index (χ4n) is 4.74. The minimum absolute atomic E-state index is 0.0302. The number of nitrogens with zero attached hydrogens (tertiary/aromatic N) is 1. The van der Waals surface area contributed by atoms with E-state index in [1.54, 1.807) is 0 Å². The van der Waals surface area contributed by atoms with Gasteiger partial charge in [0.1, 0.15) is 4.71 Å². The average molecular weight is 526 g/mol. The van der Waals surface area contributed by atoms with Gasteiger partial charge < -0.3 is 0 Å². The summed E-state index contributed by atoms with van der Waals surface area (Å²) in [4.78, 5) is 3.22. The van der Waals surface area contributed by atoms with Crippen molar-refractivity contribution in [2.45, 2.75) is 45.6 Å². The van der Waals surface area contributed by atoms with Gasteiger partial charge in [-0.15, -0.1) is 35.1 Å². The lowest BCUT2D eigenvalue weighted by molar-refractivity contribution is 0.0110. The van der Waals surface area contributed by atoms with Gasteiger partial charge in [-0.3, -0.25) is 4.21 Å². The molecule has 34 heavy (non-hydrogen) atoms. The molecule has 0 aromatic heterocycles. The first kappa shape index (κ1) is 25.4. The first-order chi connectivity index (χ1) is 16.5. The van der Waals surface area contributed by atoms with Gasteiger partial charge in [0, 0.05) is 38.0 Å². The predicted molar refractivity (Wildman–Crippen MR) is 146 cm³/mol. The van der Waals surface area contributed by atoms with E-state index >= 15 is 0 Å². The van der Waals surface area contributed by atoms with E-state index < -0.39 is 20.9 Å². The normalized spacial score (nSPS) is 17.8. The molecule has 2 atom stereocenters. The first-order valence-electron chi connectivity index (χ1n) is 11.3. The van der Waals surface area contributed by atoms with Gasteiger partial charge in [0.15, 0.2) is 0 Å². The van der Waals surface area contributed by atoms with Gasteiger partial charge in [0.2, 0.25) is 0 Å². The zero-order valence-electron chi connectivity index (χ0n) is 19.2. The Labute approximate surface area is 219 Å². The Kier molecular flexibility index (Phi) is 8.47. The molecule has 3 aromatic carbocycles. The van der Waals surface area contributed by atoms with Crippen molar-refractivity contribution in [1.29, 1.82) is 5.26 Å². The standard InChI is InChI=1S/C28H28ClNOS3/c1-22-12-14-25(15-13-22)34(31)26(29)28(16-17-30)18-27(19-28,20-32-23-8-4-2-5-9-23)21-33-24-10-6-3-7-11-24/h2-15,26H,16,18-21H2,1H3. The van der Waals surface area contributed by atoms with E-state index in [0.29, 0.717) is 6.42 Å². The Bertz CT molecular complexity index is 1090. The molecule has 6 heteroatoms. The lowest BCUT2D eigenvalue weighted by atomic mass is 9.53. The van der Waals surface area contributed by atoms with Gasteiger partial charge in [-0.05, 0) is 61.6 Å². The van der Waals surface area contributed by atoms with Crippen molar-refractivity contribution in [3.8, 4) is 6.07 Å². The molecule has 0 heterocycles. The van der Waals surface area contributed by atoms with Gasteiger partial charge in [-0.1, -0.05) is 54.1 Å². The SMILES string of the molecule is Cc1ccc(S(=O)C(Cl)C2(CC#N)CC(CSc3ccccc3)(CSc3ccccc3)C2)cc1. The second kappa shape index (κ2) is 11.4. The lowest BCUT2D eigenvalue weighted by Gasteiger charge is -2.57. The van der Waals surface area contributed by atoms with Gasteiger partial charge in [-0.2, -0.15) is 5.26 Å². The van der Waals surface area contributed by atoms with Gasteiger partial charge in [0.25, 0.3) is 0 Å². The molecule has 1 fully saturated rings. The van der Waals surface area contributed by atoms with Gasteiger partial charge in [-0.25, -0.2) is 0 Å². The van der Waals surface area contributed by atoms with Crippen LogP contribution >= 0.6 is 35.1 Å². The molecule has 0 saturated heterocycles. The van der Waals surface area contributed by atoms with Crippen molar-refractivity contribution in [1.82, 2.24) is 0 Å². The second-order valence-electron chi connectivity index (χ2n) is 9.18. The molecule has 4 rings (SSSR count). The Hall–Kier alpha value is -1.71. The highest BCUT2D eigenvalue weighted by Crippen LogP contribution is 2.63. The molecule has 176 valence electrons. The number of halogens is 1. The van der Waals surface area contributed by atoms with E-state index in [1.165, 1.54) is 9.79 Å². The molecule has 0 radical (unpaired) electrons. The van der Waals surface area contributed by atoms with E-state index in [0.717, 1.165) is 34.8 Å². The smallest absolute Gasteiger partial charge is 0.120 e. The molecular formula is C28H28ClNOS3. The van der Waals surface area contributed by atoms with E-state index in [1.807, 2.05) is 66.8 Å². The van der Waals surface area contributed by atoms with E-state index in [-0.39, 0.29) is 5.41 Å². The summed E-state index contributed by atoms with van der Waals surface area (Å²) in [6, 6.07) is 30.9. The number of hydrogen-bond acceptors (Lipinski definition) is 4. The van der Waals surface area contributed by atoms with Crippen LogP contribution in [-0.2, 0) is 10.8 Å². The molecule has 0 N–H and O–H groups in total. The van der Waals surface area contributed by atoms with Crippen LogP contribution in [0.2, 0.25) is 0 Å². The number of alkyl halides is 1. The summed E-state index contributed by atoms with van der Waals surface area (Å²) in [6.07, 6.45) is 1.94. The van der Waals surface area contributed by atoms with Crippen LogP contribution in [0.1, 0.15) is 24.8 Å². The van der Waals surface area contributed by atoms with E-state index in [9.17, 15) is 9.47 Å². The molecule has 1 saturated carbocycles. The van der Waals surface area contributed by atoms with Crippen LogP contribution in [0.3, 0.4) is 0 Å². The first-order valence-corrected chi connectivity index (χ1v) is 14.9. The average Bonchev–Trinajstić information content (AvgIpc) is 2.85. The lowest BCUT2D eigenvalue weighted by Crippen LogP contribution is -2.55. The molecule has 0 amide bonds. The maximum absolute atomic E-state index is 13.4. The Morgan fingerprint density at radius 1 is 0.912 bits per heavy atom. The van der Waals surface area contributed by atoms with Crippen LogP contribution in [0, 0.1) is 29.1 Å². The van der Waals surface area contributed by atoms with Crippen LogP contribution in [0.4, 0.5) is 0 Å². The van der Waals surface area contributed by atoms with Crippen molar-refractivity contribution in [2.75, 3.05) is 11.5 Å². The summed E-state index contributed by atoms with van der Waals surface area (Å²) < 4.78 is 12.8. The fraction of sp³-hybridized carbons (Fsp3) is 0.321. The van der Waals surface area contributed by atoms with Crippen molar-refractivity contribution in [3.63, 3.8) is 0 Å². The number of aryl methyl sites for hydroxylation is 1. The van der Waals surface area contributed by atoms with Crippen LogP contribution in [0.25, 0.3) is 0 Å². The van der Waals surface area contributed by atoms with Crippen molar-refractivity contribution in [2.24, 2.45) is 10.8 Å². The number of thioether (sulfide) groups is 2. The summed E-state index contributed by atoms with van der Waals surface area (Å²) in [5.74, 6) is 1.90. The summed E-state index contributed by atoms with van der Waals surface area (Å²) in [5.41, 5.74) is 0.709. The van der Waals surface area contributed by atoms with Crippen LogP contribution < -0.4 is 0 Å². The van der Waals surface area contributed by atoms with E-state index in [4.69, 9.17) is 11.6 Å². The Morgan fingerprint density at radius 2 is 1.41 bits per heavy atom. The minimum atomic E-state index is -1.37. The third kappa shape index (κ3) is 5.91. The quantitative estimate of drug-likeness (QED) is 0.199. The summed E-state index contributed by atoms with van der Waals surface area (Å²) in [7, 11) is -1.37. The minimum Gasteiger partial charge on any atom is -0.253 e. The third-order valence-electron chi connectivity index (χ3n) is 6.38. The molecular weight excluding hydrogens is 498 g/mol. The largest absolute Gasteiger partial charge is 0.253 e. The monoisotopic (exact) mass is 525 g/mol. The number of rotatable bonds is 10.